The van der Waals surface area contributed by atoms with E-state index in [9.17, 15) is 4.79 Å². The van der Waals surface area contributed by atoms with Crippen LogP contribution in [0.3, 0.4) is 0 Å². The molecule has 0 saturated heterocycles. The molecular weight excluding hydrogens is 394 g/mol. The minimum atomic E-state index is -0.518. The number of carbonyl (C=O) groups excluding carboxylic acids is 1. The molecular formula is C21H23NO6S. The van der Waals surface area contributed by atoms with Gasteiger partial charge in [0, 0.05) is 0 Å². The van der Waals surface area contributed by atoms with Gasteiger partial charge in [0.05, 0.1) is 30.3 Å². The molecule has 0 N–H and O–H groups in total. The molecule has 0 aliphatic heterocycles. The quantitative estimate of drug-likeness (QED) is 0.432. The van der Waals surface area contributed by atoms with Crippen LogP contribution in [-0.2, 0) is 11.3 Å². The molecule has 7 nitrogen and oxygen atoms in total. The molecule has 0 amide bonds. The number of carbonyl (C=O) groups is 1. The van der Waals surface area contributed by atoms with Gasteiger partial charge >= 0.3 is 5.97 Å². The highest BCUT2D eigenvalue weighted by atomic mass is 32.1. The Morgan fingerprint density at radius 2 is 1.76 bits per heavy atom. The largest absolute Gasteiger partial charge is 0.490 e. The summed E-state index contributed by atoms with van der Waals surface area (Å²) in [7, 11) is 0. The van der Waals surface area contributed by atoms with Crippen LogP contribution >= 0.6 is 11.3 Å². The molecule has 1 aromatic carbocycles. The van der Waals surface area contributed by atoms with Gasteiger partial charge in [0.1, 0.15) is 18.6 Å². The molecule has 0 spiro atoms. The maximum Gasteiger partial charge on any atom is 0.338 e. The van der Waals surface area contributed by atoms with Gasteiger partial charge in [-0.15, -0.1) is 11.3 Å². The molecule has 3 rings (SSSR count). The monoisotopic (exact) mass is 417 g/mol. The van der Waals surface area contributed by atoms with Crippen molar-refractivity contribution in [1.29, 1.82) is 0 Å². The third-order valence-corrected chi connectivity index (χ3v) is 4.64. The third kappa shape index (κ3) is 5.08. The van der Waals surface area contributed by atoms with Crippen LogP contribution in [0.2, 0.25) is 0 Å². The van der Waals surface area contributed by atoms with E-state index < -0.39 is 5.97 Å². The SMILES string of the molecule is CCOc1cc(C(=O)OCc2coc(-c3cccs3)n2)cc(OCC)c1OCC. The minimum Gasteiger partial charge on any atom is -0.490 e. The van der Waals surface area contributed by atoms with Crippen LogP contribution in [0.4, 0.5) is 0 Å². The number of rotatable bonds is 10. The zero-order valence-corrected chi connectivity index (χ0v) is 17.4. The molecule has 0 aliphatic rings. The molecule has 8 heteroatoms. The number of hydrogen-bond acceptors (Lipinski definition) is 8. The minimum absolute atomic E-state index is 0.00510. The predicted molar refractivity (Wildman–Crippen MR) is 109 cm³/mol. The molecule has 0 aliphatic carbocycles. The van der Waals surface area contributed by atoms with Crippen LogP contribution < -0.4 is 14.2 Å². The average molecular weight is 417 g/mol. The summed E-state index contributed by atoms with van der Waals surface area (Å²) in [5.41, 5.74) is 0.838. The first-order valence-electron chi connectivity index (χ1n) is 9.38. The lowest BCUT2D eigenvalue weighted by atomic mass is 10.2. The van der Waals surface area contributed by atoms with Crippen LogP contribution in [-0.4, -0.2) is 30.8 Å². The van der Waals surface area contributed by atoms with E-state index in [0.717, 1.165) is 4.88 Å². The van der Waals surface area contributed by atoms with Crippen molar-refractivity contribution in [1.82, 2.24) is 4.98 Å². The fraction of sp³-hybridized carbons (Fsp3) is 0.333. The Hall–Kier alpha value is -3.00. The number of oxazole rings is 1. The van der Waals surface area contributed by atoms with Gasteiger partial charge in [0.2, 0.25) is 11.6 Å². The van der Waals surface area contributed by atoms with Crippen molar-refractivity contribution < 1.29 is 28.2 Å². The lowest BCUT2D eigenvalue weighted by Crippen LogP contribution is -2.09. The Morgan fingerprint density at radius 1 is 1.07 bits per heavy atom. The fourth-order valence-electron chi connectivity index (χ4n) is 2.62. The van der Waals surface area contributed by atoms with E-state index in [4.69, 9.17) is 23.4 Å². The molecule has 0 fully saturated rings. The summed E-state index contributed by atoms with van der Waals surface area (Å²) in [5.74, 6) is 1.34. The summed E-state index contributed by atoms with van der Waals surface area (Å²) in [6.07, 6.45) is 1.48. The van der Waals surface area contributed by atoms with Crippen LogP contribution in [0.1, 0.15) is 36.8 Å². The zero-order chi connectivity index (χ0) is 20.6. The topological polar surface area (TPSA) is 80.0 Å². The Morgan fingerprint density at radius 3 is 2.34 bits per heavy atom. The smallest absolute Gasteiger partial charge is 0.338 e. The molecule has 0 radical (unpaired) electrons. The molecule has 0 saturated carbocycles. The highest BCUT2D eigenvalue weighted by Gasteiger charge is 2.19. The molecule has 29 heavy (non-hydrogen) atoms. The summed E-state index contributed by atoms with van der Waals surface area (Å²) in [4.78, 5) is 17.9. The highest BCUT2D eigenvalue weighted by Crippen LogP contribution is 2.39. The lowest BCUT2D eigenvalue weighted by Gasteiger charge is -2.16. The van der Waals surface area contributed by atoms with Gasteiger partial charge in [-0.1, -0.05) is 6.07 Å². The first-order valence-corrected chi connectivity index (χ1v) is 10.3. The second kappa shape index (κ2) is 9.97. The highest BCUT2D eigenvalue weighted by molar-refractivity contribution is 7.13. The average Bonchev–Trinajstić information content (AvgIpc) is 3.40. The van der Waals surface area contributed by atoms with Gasteiger partial charge in [-0.25, -0.2) is 9.78 Å². The van der Waals surface area contributed by atoms with Gasteiger partial charge < -0.3 is 23.4 Å². The Labute approximate surface area is 173 Å². The van der Waals surface area contributed by atoms with Crippen molar-refractivity contribution in [3.63, 3.8) is 0 Å². The van der Waals surface area contributed by atoms with E-state index in [1.165, 1.54) is 17.6 Å². The van der Waals surface area contributed by atoms with Gasteiger partial charge in [0.25, 0.3) is 0 Å². The second-order valence-corrected chi connectivity index (χ2v) is 6.75. The van der Waals surface area contributed by atoms with E-state index in [0.29, 0.717) is 54.2 Å². The molecule has 2 heterocycles. The summed E-state index contributed by atoms with van der Waals surface area (Å²) in [5, 5.41) is 1.94. The van der Waals surface area contributed by atoms with Crippen LogP contribution in [0.15, 0.2) is 40.3 Å². The molecule has 154 valence electrons. The molecule has 2 aromatic heterocycles. The van der Waals surface area contributed by atoms with Crippen molar-refractivity contribution in [2.45, 2.75) is 27.4 Å². The second-order valence-electron chi connectivity index (χ2n) is 5.80. The maximum atomic E-state index is 12.6. The normalized spacial score (nSPS) is 10.6. The predicted octanol–water partition coefficient (Wildman–Crippen LogP) is 4.96. The van der Waals surface area contributed by atoms with E-state index in [1.807, 2.05) is 38.3 Å². The maximum absolute atomic E-state index is 12.6. The van der Waals surface area contributed by atoms with Gasteiger partial charge in [-0.2, -0.15) is 0 Å². The Balaban J connectivity index is 1.75. The van der Waals surface area contributed by atoms with Crippen molar-refractivity contribution in [3.05, 3.63) is 47.2 Å². The molecule has 0 bridgehead atoms. The third-order valence-electron chi connectivity index (χ3n) is 3.78. The Bertz CT molecular complexity index is 908. The number of hydrogen-bond donors (Lipinski definition) is 0. The number of aromatic nitrogens is 1. The first-order chi connectivity index (χ1) is 14.2. The van der Waals surface area contributed by atoms with Crippen LogP contribution in [0, 0.1) is 0 Å². The van der Waals surface area contributed by atoms with E-state index >= 15 is 0 Å². The summed E-state index contributed by atoms with van der Waals surface area (Å²) in [6, 6.07) is 7.02. The lowest BCUT2D eigenvalue weighted by molar-refractivity contribution is 0.0466. The molecule has 0 unspecified atom stereocenters. The number of benzene rings is 1. The standard InChI is InChI=1S/C21H23NO6S/c1-4-24-16-10-14(11-17(25-5-2)19(16)26-6-3)21(23)28-13-15-12-27-20(22-15)18-8-7-9-29-18/h7-12H,4-6,13H2,1-3H3. The fourth-order valence-corrected chi connectivity index (χ4v) is 3.27. The van der Waals surface area contributed by atoms with Crippen molar-refractivity contribution >= 4 is 17.3 Å². The van der Waals surface area contributed by atoms with E-state index in [1.54, 1.807) is 12.1 Å². The number of nitrogens with zero attached hydrogens (tertiary/aromatic N) is 1. The zero-order valence-electron chi connectivity index (χ0n) is 16.6. The van der Waals surface area contributed by atoms with Crippen molar-refractivity contribution in [3.8, 4) is 28.0 Å². The summed E-state index contributed by atoms with van der Waals surface area (Å²) >= 11 is 1.52. The van der Waals surface area contributed by atoms with Crippen molar-refractivity contribution in [2.24, 2.45) is 0 Å². The summed E-state index contributed by atoms with van der Waals surface area (Å²) < 4.78 is 27.8. The van der Waals surface area contributed by atoms with Gasteiger partial charge in [0.15, 0.2) is 11.5 Å². The molecule has 3 aromatic rings. The van der Waals surface area contributed by atoms with Crippen LogP contribution in [0.25, 0.3) is 10.8 Å². The van der Waals surface area contributed by atoms with Gasteiger partial charge in [-0.05, 0) is 44.4 Å². The first kappa shape index (κ1) is 20.7. The van der Waals surface area contributed by atoms with E-state index in [-0.39, 0.29) is 6.61 Å². The number of thiophene rings is 1. The summed E-state index contributed by atoms with van der Waals surface area (Å²) in [6.45, 7) is 6.88. The number of ether oxygens (including phenoxy) is 4. The Kier molecular flexibility index (Phi) is 7.13. The number of esters is 1. The van der Waals surface area contributed by atoms with Crippen LogP contribution in [0.5, 0.6) is 17.2 Å². The van der Waals surface area contributed by atoms with Crippen molar-refractivity contribution in [2.75, 3.05) is 19.8 Å². The van der Waals surface area contributed by atoms with E-state index in [2.05, 4.69) is 4.98 Å². The molecule has 0 atom stereocenters. The van der Waals surface area contributed by atoms with Gasteiger partial charge in [-0.3, -0.25) is 0 Å².